The van der Waals surface area contributed by atoms with Gasteiger partial charge in [0.1, 0.15) is 35.6 Å². The van der Waals surface area contributed by atoms with E-state index in [9.17, 15) is 53.1 Å². The summed E-state index contributed by atoms with van der Waals surface area (Å²) >= 11 is 1.08. The monoisotopic (exact) mass is 1090 g/mol. The van der Waals surface area contributed by atoms with Gasteiger partial charge < -0.3 is 51.8 Å². The van der Waals surface area contributed by atoms with Gasteiger partial charge in [-0.05, 0) is 88.1 Å². The standard InChI is InChI=1S/C53H78N10O13S/c1-10-31(5)45(60-49(70)40-16-12-13-24-61(40)8)51(71)62(29-75-9)41(30(3)4)27-42(76-33(7)64)50-59-38(28-77-50)47(68)57-36(25-32(6)52(72)73)26-34-17-19-35(20-18-34)56-46(67)37(15-14-23-55-53(54)74)58-48(69)39(11-2)63-43(65)21-22-44(63)66/h17-22,28,30-32,36-37,39-42,45H,10-16,23-27,29H2,1-9H3,(H,56,67)(H,57,68)(H,58,69)(H,60,70)(H,72,73)(H3,54,55,74)/t31-,32?,36+,37-,39?,40+,41+,42+,45-/m0/s1. The number of rotatable bonds is 30. The Bertz CT molecular complexity index is 2410. The number of methoxy groups -OCH3 is 1. The van der Waals surface area contributed by atoms with Crippen LogP contribution >= 0.6 is 11.3 Å². The first-order chi connectivity index (χ1) is 36.5. The predicted molar refractivity (Wildman–Crippen MR) is 286 cm³/mol. The van der Waals surface area contributed by atoms with E-state index in [1.54, 1.807) is 36.1 Å². The van der Waals surface area contributed by atoms with Crippen molar-refractivity contribution in [3.8, 4) is 0 Å². The summed E-state index contributed by atoms with van der Waals surface area (Å²) in [4.78, 5) is 139. The molecule has 9 atom stereocenters. The van der Waals surface area contributed by atoms with Crippen molar-refractivity contribution in [1.29, 1.82) is 0 Å². The second kappa shape index (κ2) is 30.2. The van der Waals surface area contributed by atoms with E-state index in [2.05, 4.69) is 31.6 Å². The Balaban J connectivity index is 1.52. The molecule has 8 N–H and O–H groups in total. The molecule has 424 valence electrons. The van der Waals surface area contributed by atoms with Gasteiger partial charge in [0.05, 0.1) is 12.0 Å². The van der Waals surface area contributed by atoms with Crippen molar-refractivity contribution in [3.05, 3.63) is 58.1 Å². The van der Waals surface area contributed by atoms with E-state index in [-0.39, 0.29) is 92.2 Å². The zero-order chi connectivity index (χ0) is 57.1. The number of thiazole rings is 1. The van der Waals surface area contributed by atoms with Crippen molar-refractivity contribution >= 4 is 76.3 Å². The molecule has 1 aromatic carbocycles. The number of imide groups is 1. The highest BCUT2D eigenvalue weighted by atomic mass is 32.1. The zero-order valence-electron chi connectivity index (χ0n) is 45.6. The van der Waals surface area contributed by atoms with Crippen molar-refractivity contribution in [3.63, 3.8) is 0 Å². The highest BCUT2D eigenvalue weighted by Crippen LogP contribution is 2.32. The van der Waals surface area contributed by atoms with Crippen molar-refractivity contribution in [2.45, 2.75) is 155 Å². The number of esters is 1. The first-order valence-corrected chi connectivity index (χ1v) is 27.1. The number of hydrogen-bond acceptors (Lipinski definition) is 15. The van der Waals surface area contributed by atoms with Gasteiger partial charge in [-0.15, -0.1) is 11.3 Å². The average molecular weight is 1100 g/mol. The van der Waals surface area contributed by atoms with Gasteiger partial charge in [-0.2, -0.15) is 0 Å². The first-order valence-electron chi connectivity index (χ1n) is 26.2. The molecule has 2 aromatic rings. The van der Waals surface area contributed by atoms with E-state index in [0.29, 0.717) is 24.1 Å². The number of nitrogens with one attached hydrogen (secondary N) is 5. The number of nitrogens with zero attached hydrogens (tertiary/aromatic N) is 4. The number of likely N-dealkylation sites (tertiary alicyclic amines) is 1. The summed E-state index contributed by atoms with van der Waals surface area (Å²) in [5, 5.41) is 25.5. The van der Waals surface area contributed by atoms with Gasteiger partial charge in [0.15, 0.2) is 6.10 Å². The molecule has 2 unspecified atom stereocenters. The van der Waals surface area contributed by atoms with Crippen molar-refractivity contribution in [1.82, 2.24) is 41.0 Å². The van der Waals surface area contributed by atoms with Crippen molar-refractivity contribution < 1.29 is 62.5 Å². The van der Waals surface area contributed by atoms with Gasteiger partial charge in [0.25, 0.3) is 17.7 Å². The highest BCUT2D eigenvalue weighted by Gasteiger charge is 2.40. The van der Waals surface area contributed by atoms with Crippen LogP contribution in [0.15, 0.2) is 41.8 Å². The number of benzene rings is 1. The number of aromatic nitrogens is 1. The summed E-state index contributed by atoms with van der Waals surface area (Å²) in [6.45, 7) is 12.8. The molecule has 0 aliphatic carbocycles. The molecule has 77 heavy (non-hydrogen) atoms. The molecule has 2 aliphatic rings. The number of amides is 9. The Hall–Kier alpha value is -6.79. The number of likely N-dealkylation sites (N-methyl/N-ethyl adjacent to an activating group) is 1. The number of nitrogens with two attached hydrogens (primary N) is 1. The lowest BCUT2D eigenvalue weighted by Gasteiger charge is -2.39. The SMILES string of the molecule is CCC(C(=O)N[C@@H](CCCNC(N)=O)C(=O)Nc1ccc(C[C@@H](CC(C)C(=O)O)NC(=O)c2csc([C@@H](C[C@H](C(C)C)N(COC)C(=O)[C@@H](NC(=O)[C@H]3CCCCN3C)[C@@H](C)CC)OC(C)=O)n2)cc1)N1C(=O)C=CC1=O. The lowest BCUT2D eigenvalue weighted by Crippen LogP contribution is -2.59. The Morgan fingerprint density at radius 2 is 1.60 bits per heavy atom. The molecule has 4 rings (SSSR count). The average Bonchev–Trinajstić information content (AvgIpc) is 4.01. The van der Waals surface area contributed by atoms with Crippen molar-refractivity contribution in [2.75, 3.05) is 39.3 Å². The number of carbonyl (C=O) groups is 10. The minimum absolute atomic E-state index is 0.0149. The number of primary amides is 1. The molecule has 9 amide bonds. The Morgan fingerprint density at radius 1 is 0.922 bits per heavy atom. The lowest BCUT2D eigenvalue weighted by molar-refractivity contribution is -0.152. The van der Waals surface area contributed by atoms with Gasteiger partial charge in [-0.3, -0.25) is 53.0 Å². The third kappa shape index (κ3) is 18.4. The van der Waals surface area contributed by atoms with E-state index in [4.69, 9.17) is 15.2 Å². The number of hydrogen-bond donors (Lipinski definition) is 7. The van der Waals surface area contributed by atoms with Crippen LogP contribution in [0.25, 0.3) is 0 Å². The quantitative estimate of drug-likeness (QED) is 0.0254. The summed E-state index contributed by atoms with van der Waals surface area (Å²) < 4.78 is 11.4. The highest BCUT2D eigenvalue weighted by molar-refractivity contribution is 7.09. The molecule has 1 saturated heterocycles. The number of urea groups is 1. The maximum Gasteiger partial charge on any atom is 0.312 e. The molecular weight excluding hydrogens is 1020 g/mol. The van der Waals surface area contributed by atoms with E-state index in [1.165, 1.54) is 26.3 Å². The van der Waals surface area contributed by atoms with Crippen LogP contribution in [-0.4, -0.2) is 154 Å². The second-order valence-electron chi connectivity index (χ2n) is 20.1. The lowest BCUT2D eigenvalue weighted by atomic mass is 9.92. The van der Waals surface area contributed by atoms with Gasteiger partial charge >= 0.3 is 18.0 Å². The fraction of sp³-hybridized carbons (Fsp3) is 0.604. The van der Waals surface area contributed by atoms with Crippen LogP contribution in [0.3, 0.4) is 0 Å². The fourth-order valence-electron chi connectivity index (χ4n) is 9.37. The Labute approximate surface area is 454 Å². The molecular formula is C53H78N10O13S. The molecule has 0 radical (unpaired) electrons. The number of carboxylic acid groups (broad SMARTS) is 1. The van der Waals surface area contributed by atoms with Gasteiger partial charge in [-0.25, -0.2) is 9.78 Å². The van der Waals surface area contributed by atoms with Crippen LogP contribution in [0.1, 0.15) is 133 Å². The predicted octanol–water partition coefficient (Wildman–Crippen LogP) is 3.64. The summed E-state index contributed by atoms with van der Waals surface area (Å²) in [7, 11) is 3.37. The van der Waals surface area contributed by atoms with Gasteiger partial charge in [-0.1, -0.05) is 66.5 Å². The molecule has 1 aromatic heterocycles. The normalized spacial score (nSPS) is 17.7. The summed E-state index contributed by atoms with van der Waals surface area (Å²) in [5.74, 6) is -6.85. The molecule has 0 saturated carbocycles. The smallest absolute Gasteiger partial charge is 0.312 e. The van der Waals surface area contributed by atoms with Crippen LogP contribution in [0.5, 0.6) is 0 Å². The number of carbonyl (C=O) groups excluding carboxylic acids is 9. The maximum absolute atomic E-state index is 14.7. The van der Waals surface area contributed by atoms with E-state index >= 15 is 0 Å². The number of ether oxygens (including phenoxy) is 2. The molecule has 23 nitrogen and oxygen atoms in total. The third-order valence-electron chi connectivity index (χ3n) is 13.9. The Kier molecular flexibility index (Phi) is 24.6. The minimum atomic E-state index is -1.18. The summed E-state index contributed by atoms with van der Waals surface area (Å²) in [5.41, 5.74) is 6.15. The molecule has 2 aliphatic heterocycles. The van der Waals surface area contributed by atoms with E-state index in [1.807, 2.05) is 39.6 Å². The summed E-state index contributed by atoms with van der Waals surface area (Å²) in [6, 6.07) is 0.871. The number of aliphatic carboxylic acids is 1. The molecule has 0 spiro atoms. The zero-order valence-corrected chi connectivity index (χ0v) is 46.4. The van der Waals surface area contributed by atoms with Crippen LogP contribution in [0.2, 0.25) is 0 Å². The molecule has 24 heteroatoms. The van der Waals surface area contributed by atoms with Crippen LogP contribution < -0.4 is 32.3 Å². The van der Waals surface area contributed by atoms with E-state index < -0.39 is 89.7 Å². The fourth-order valence-corrected chi connectivity index (χ4v) is 10.2. The van der Waals surface area contributed by atoms with Crippen LogP contribution in [0.4, 0.5) is 10.5 Å². The van der Waals surface area contributed by atoms with E-state index in [0.717, 1.165) is 47.8 Å². The van der Waals surface area contributed by atoms with Gasteiger partial charge in [0, 0.05) is 62.3 Å². The minimum Gasteiger partial charge on any atom is -0.481 e. The largest absolute Gasteiger partial charge is 0.481 e. The Morgan fingerprint density at radius 3 is 2.17 bits per heavy atom. The third-order valence-corrected chi connectivity index (χ3v) is 14.8. The number of anilines is 1. The maximum atomic E-state index is 14.7. The molecule has 3 heterocycles. The number of carboxylic acids is 1. The van der Waals surface area contributed by atoms with Crippen LogP contribution in [0, 0.1) is 17.8 Å². The topological polar surface area (TPSA) is 318 Å². The van der Waals surface area contributed by atoms with Crippen LogP contribution in [-0.2, 0) is 54.3 Å². The van der Waals surface area contributed by atoms with Crippen molar-refractivity contribution in [2.24, 2.45) is 23.5 Å². The summed E-state index contributed by atoms with van der Waals surface area (Å²) in [6.07, 6.45) is 4.92. The molecule has 0 bridgehead atoms. The number of piperidine rings is 1. The van der Waals surface area contributed by atoms with Gasteiger partial charge in [0.2, 0.25) is 23.6 Å². The second-order valence-corrected chi connectivity index (χ2v) is 21.0. The first kappa shape index (κ1) is 62.7. The molecule has 1 fully saturated rings.